The number of carbonyl (C=O) groups excluding carboxylic acids is 2. The van der Waals surface area contributed by atoms with Gasteiger partial charge in [0.05, 0.1) is 13.1 Å². The highest BCUT2D eigenvalue weighted by atomic mass is 32.1. The van der Waals surface area contributed by atoms with Gasteiger partial charge in [-0.25, -0.2) is 0 Å². The van der Waals surface area contributed by atoms with E-state index < -0.39 is 19.1 Å². The molecule has 0 amide bonds. The predicted octanol–water partition coefficient (Wildman–Crippen LogP) is 0.821. The zero-order valence-electron chi connectivity index (χ0n) is 9.87. The third kappa shape index (κ3) is 3.71. The zero-order valence-corrected chi connectivity index (χ0v) is 10.7. The van der Waals surface area contributed by atoms with Crippen molar-refractivity contribution in [3.63, 3.8) is 0 Å². The molecule has 0 unspecified atom stereocenters. The molecular weight excluding hydrogens is 253 g/mol. The monoisotopic (exact) mass is 265 g/mol. The number of carbonyl (C=O) groups is 2. The molecule has 1 fully saturated rings. The van der Waals surface area contributed by atoms with Crippen molar-refractivity contribution >= 4 is 36.5 Å². The van der Waals surface area contributed by atoms with E-state index in [4.69, 9.17) is 9.31 Å². The molecule has 0 spiro atoms. The summed E-state index contributed by atoms with van der Waals surface area (Å²) in [4.78, 5) is 25.4. The fraction of sp³-hybridized carbons (Fsp3) is 0.273. The Bertz CT molecular complexity index is 440. The van der Waals surface area contributed by atoms with Gasteiger partial charge >= 0.3 is 19.1 Å². The molecular formula is C11H12BNO4S. The molecule has 0 atom stereocenters. The summed E-state index contributed by atoms with van der Waals surface area (Å²) < 4.78 is 10.0. The minimum absolute atomic E-state index is 0.0818. The average Bonchev–Trinajstić information content (AvgIpc) is 2.76. The van der Waals surface area contributed by atoms with Gasteiger partial charge in [-0.2, -0.15) is 0 Å². The van der Waals surface area contributed by atoms with E-state index >= 15 is 0 Å². The van der Waals surface area contributed by atoms with Gasteiger partial charge in [0.15, 0.2) is 0 Å². The van der Waals surface area contributed by atoms with Crippen LogP contribution in [0.25, 0.3) is 6.08 Å². The first kappa shape index (κ1) is 12.9. The van der Waals surface area contributed by atoms with Crippen molar-refractivity contribution in [2.45, 2.75) is 0 Å². The van der Waals surface area contributed by atoms with Gasteiger partial charge in [-0.1, -0.05) is 6.07 Å². The predicted molar refractivity (Wildman–Crippen MR) is 68.8 cm³/mol. The van der Waals surface area contributed by atoms with Crippen LogP contribution in [-0.4, -0.2) is 44.1 Å². The highest BCUT2D eigenvalue weighted by Gasteiger charge is 2.29. The highest BCUT2D eigenvalue weighted by Crippen LogP contribution is 2.11. The molecule has 0 aliphatic carbocycles. The van der Waals surface area contributed by atoms with E-state index in [2.05, 4.69) is 0 Å². The van der Waals surface area contributed by atoms with Crippen molar-refractivity contribution in [2.75, 3.05) is 20.1 Å². The van der Waals surface area contributed by atoms with Crippen molar-refractivity contribution in [3.8, 4) is 0 Å². The number of nitrogens with zero attached hydrogens (tertiary/aromatic N) is 1. The molecule has 1 aliphatic heterocycles. The van der Waals surface area contributed by atoms with E-state index in [9.17, 15) is 9.59 Å². The quantitative estimate of drug-likeness (QED) is 0.741. The Morgan fingerprint density at radius 2 is 2.00 bits per heavy atom. The lowest BCUT2D eigenvalue weighted by molar-refractivity contribution is -0.145. The summed E-state index contributed by atoms with van der Waals surface area (Å²) in [5, 5.41) is 1.94. The minimum Gasteiger partial charge on any atom is -0.495 e. The number of likely N-dealkylation sites (N-methyl/N-ethyl adjacent to an activating group) is 1. The summed E-state index contributed by atoms with van der Waals surface area (Å²) in [6.07, 6.45) is 1.77. The molecule has 18 heavy (non-hydrogen) atoms. The molecule has 1 saturated heterocycles. The molecule has 0 aromatic carbocycles. The van der Waals surface area contributed by atoms with Gasteiger partial charge in [0, 0.05) is 4.88 Å². The van der Waals surface area contributed by atoms with Gasteiger partial charge < -0.3 is 9.31 Å². The van der Waals surface area contributed by atoms with Gasteiger partial charge in [-0.05, 0) is 30.5 Å². The summed E-state index contributed by atoms with van der Waals surface area (Å²) in [6, 6.07) is 3.83. The maximum Gasteiger partial charge on any atom is 0.628 e. The summed E-state index contributed by atoms with van der Waals surface area (Å²) in [6.45, 7) is 0.164. The number of thiophene rings is 1. The smallest absolute Gasteiger partial charge is 0.495 e. The second kappa shape index (κ2) is 5.84. The highest BCUT2D eigenvalue weighted by molar-refractivity contribution is 7.10. The van der Waals surface area contributed by atoms with Crippen LogP contribution in [0.1, 0.15) is 4.88 Å². The van der Waals surface area contributed by atoms with Crippen LogP contribution in [0.3, 0.4) is 0 Å². The summed E-state index contributed by atoms with van der Waals surface area (Å²) in [7, 11) is 0.713. The molecule has 1 aromatic rings. The maximum atomic E-state index is 11.4. The second-order valence-corrected chi connectivity index (χ2v) is 4.87. The third-order valence-corrected chi connectivity index (χ3v) is 3.09. The zero-order chi connectivity index (χ0) is 13.0. The van der Waals surface area contributed by atoms with Crippen molar-refractivity contribution in [1.82, 2.24) is 4.90 Å². The van der Waals surface area contributed by atoms with Gasteiger partial charge in [0.1, 0.15) is 0 Å². The van der Waals surface area contributed by atoms with E-state index in [1.807, 2.05) is 17.5 Å². The van der Waals surface area contributed by atoms with E-state index in [-0.39, 0.29) is 13.1 Å². The van der Waals surface area contributed by atoms with Crippen molar-refractivity contribution < 1.29 is 18.9 Å². The van der Waals surface area contributed by atoms with E-state index in [1.165, 1.54) is 0 Å². The second-order valence-electron chi connectivity index (χ2n) is 3.89. The fourth-order valence-corrected chi connectivity index (χ4v) is 2.12. The van der Waals surface area contributed by atoms with E-state index in [0.29, 0.717) is 0 Å². The SMILES string of the molecule is CN1CC(=O)OB(/C=C\c2cccs2)OC(=O)C1. The lowest BCUT2D eigenvalue weighted by Gasteiger charge is -2.21. The van der Waals surface area contributed by atoms with Crippen molar-refractivity contribution in [1.29, 1.82) is 0 Å². The van der Waals surface area contributed by atoms with Crippen molar-refractivity contribution in [2.24, 2.45) is 0 Å². The van der Waals surface area contributed by atoms with Crippen LogP contribution in [0.2, 0.25) is 0 Å². The molecule has 94 valence electrons. The molecule has 2 heterocycles. The first-order valence-electron chi connectivity index (χ1n) is 5.43. The van der Waals surface area contributed by atoms with Gasteiger partial charge in [0.25, 0.3) is 0 Å². The topological polar surface area (TPSA) is 55.8 Å². The number of rotatable bonds is 2. The molecule has 0 bridgehead atoms. The average molecular weight is 265 g/mol. The molecule has 1 aliphatic rings. The Morgan fingerprint density at radius 3 is 2.56 bits per heavy atom. The molecule has 5 nitrogen and oxygen atoms in total. The van der Waals surface area contributed by atoms with Crippen LogP contribution < -0.4 is 0 Å². The van der Waals surface area contributed by atoms with Crippen LogP contribution in [0.5, 0.6) is 0 Å². The Kier molecular flexibility index (Phi) is 4.17. The molecule has 0 radical (unpaired) electrons. The first-order chi connectivity index (χ1) is 8.63. The third-order valence-electron chi connectivity index (χ3n) is 2.25. The summed E-state index contributed by atoms with van der Waals surface area (Å²) >= 11 is 1.55. The van der Waals surface area contributed by atoms with Crippen LogP contribution in [0.4, 0.5) is 0 Å². The molecule has 2 rings (SSSR count). The Balaban J connectivity index is 2.02. The number of hydrogen-bond donors (Lipinski definition) is 0. The van der Waals surface area contributed by atoms with Crippen LogP contribution in [0, 0.1) is 0 Å². The maximum absolute atomic E-state index is 11.4. The molecule has 1 aromatic heterocycles. The normalized spacial score (nSPS) is 18.4. The minimum atomic E-state index is -0.944. The standard InChI is InChI=1S/C11H12BNO4S/c1-13-7-10(14)16-12(17-11(15)8-13)5-4-9-3-2-6-18-9/h2-6H,7-8H2,1H3/b5-4-. The van der Waals surface area contributed by atoms with Crippen LogP contribution in [-0.2, 0) is 18.9 Å². The Hall–Kier alpha value is -1.60. The van der Waals surface area contributed by atoms with Crippen molar-refractivity contribution in [3.05, 3.63) is 28.4 Å². The fourth-order valence-electron chi connectivity index (χ4n) is 1.49. The lowest BCUT2D eigenvalue weighted by Crippen LogP contribution is -2.41. The lowest BCUT2D eigenvalue weighted by atomic mass is 9.89. The van der Waals surface area contributed by atoms with E-state index in [0.717, 1.165) is 4.88 Å². The molecule has 7 heteroatoms. The Morgan fingerprint density at radius 1 is 1.33 bits per heavy atom. The van der Waals surface area contributed by atoms with E-state index in [1.54, 1.807) is 35.3 Å². The van der Waals surface area contributed by atoms with Gasteiger partial charge in [-0.15, -0.1) is 11.3 Å². The van der Waals surface area contributed by atoms with Gasteiger partial charge in [0.2, 0.25) is 0 Å². The van der Waals surface area contributed by atoms with Crippen LogP contribution in [0.15, 0.2) is 23.5 Å². The van der Waals surface area contributed by atoms with Crippen LogP contribution >= 0.6 is 11.3 Å². The van der Waals surface area contributed by atoms with Gasteiger partial charge in [-0.3, -0.25) is 14.5 Å². The summed E-state index contributed by atoms with van der Waals surface area (Å²) in [5.74, 6) is 0.740. The summed E-state index contributed by atoms with van der Waals surface area (Å²) in [5.41, 5.74) is 0. The first-order valence-corrected chi connectivity index (χ1v) is 6.30. The molecule has 0 saturated carbocycles. The largest absolute Gasteiger partial charge is 0.628 e. The molecule has 0 N–H and O–H groups in total. The Labute approximate surface area is 109 Å². The number of hydrogen-bond acceptors (Lipinski definition) is 6.